The fourth-order valence-electron chi connectivity index (χ4n) is 3.32. The van der Waals surface area contributed by atoms with Gasteiger partial charge in [-0.3, -0.25) is 19.4 Å². The number of guanidine groups is 1. The van der Waals surface area contributed by atoms with Crippen LogP contribution < -0.4 is 11.5 Å². The fourth-order valence-corrected chi connectivity index (χ4v) is 3.32. The number of rotatable bonds is 15. The monoisotopic (exact) mass is 421 g/mol. The minimum Gasteiger partial charge on any atom is -0.480 e. The highest BCUT2D eigenvalue weighted by Crippen LogP contribution is 2.16. The molecule has 168 valence electrons. The van der Waals surface area contributed by atoms with Gasteiger partial charge in [-0.25, -0.2) is 4.99 Å². The Balaban J connectivity index is 2.65. The quantitative estimate of drug-likeness (QED) is 0.245. The van der Waals surface area contributed by atoms with Crippen molar-refractivity contribution in [2.75, 3.05) is 39.3 Å². The standard InChI is InChI=1S/C21H35N5O4/c1-3-4-9-25(14-19(27)28)10-11-26(15-20(29)30)13-16(2)12-17-5-7-18(8-6-17)24-21(22)23/h5-8,16H,3-4,9-15H2,1-2H3,(H,27,28)(H,29,30)(H4,22,23,24). The number of carboxylic acid groups (broad SMARTS) is 2. The lowest BCUT2D eigenvalue weighted by molar-refractivity contribution is -0.140. The Morgan fingerprint density at radius 3 is 2.10 bits per heavy atom. The van der Waals surface area contributed by atoms with Crippen LogP contribution >= 0.6 is 0 Å². The molecule has 0 aliphatic carbocycles. The number of aliphatic imine (C=N–C) groups is 1. The summed E-state index contributed by atoms with van der Waals surface area (Å²) < 4.78 is 0. The summed E-state index contributed by atoms with van der Waals surface area (Å²) in [6.45, 7) is 6.38. The molecule has 1 aromatic rings. The summed E-state index contributed by atoms with van der Waals surface area (Å²) in [4.78, 5) is 30.1. The van der Waals surface area contributed by atoms with Gasteiger partial charge < -0.3 is 21.7 Å². The zero-order valence-electron chi connectivity index (χ0n) is 18.0. The lowest BCUT2D eigenvalue weighted by Gasteiger charge is -2.28. The summed E-state index contributed by atoms with van der Waals surface area (Å²) in [6, 6.07) is 7.60. The largest absolute Gasteiger partial charge is 0.480 e. The fraction of sp³-hybridized carbons (Fsp3) is 0.571. The van der Waals surface area contributed by atoms with Gasteiger partial charge in [0.15, 0.2) is 5.96 Å². The van der Waals surface area contributed by atoms with Gasteiger partial charge in [0, 0.05) is 19.6 Å². The average molecular weight is 422 g/mol. The first-order valence-electron chi connectivity index (χ1n) is 10.3. The molecule has 1 unspecified atom stereocenters. The molecule has 30 heavy (non-hydrogen) atoms. The van der Waals surface area contributed by atoms with E-state index in [4.69, 9.17) is 16.6 Å². The molecule has 9 heteroatoms. The van der Waals surface area contributed by atoms with Gasteiger partial charge in [-0.1, -0.05) is 32.4 Å². The molecule has 0 bridgehead atoms. The van der Waals surface area contributed by atoms with Crippen LogP contribution in [0.4, 0.5) is 5.69 Å². The van der Waals surface area contributed by atoms with E-state index in [1.165, 1.54) is 0 Å². The van der Waals surface area contributed by atoms with Gasteiger partial charge in [0.1, 0.15) is 0 Å². The molecular weight excluding hydrogens is 386 g/mol. The molecule has 0 aliphatic heterocycles. The maximum absolute atomic E-state index is 11.3. The lowest BCUT2D eigenvalue weighted by Crippen LogP contribution is -2.41. The van der Waals surface area contributed by atoms with Crippen molar-refractivity contribution in [2.45, 2.75) is 33.1 Å². The molecule has 1 rings (SSSR count). The summed E-state index contributed by atoms with van der Waals surface area (Å²) in [5.74, 6) is -1.52. The molecule has 0 heterocycles. The summed E-state index contributed by atoms with van der Waals surface area (Å²) in [5.41, 5.74) is 12.6. The first-order chi connectivity index (χ1) is 14.2. The molecule has 0 amide bonds. The van der Waals surface area contributed by atoms with E-state index < -0.39 is 11.9 Å². The highest BCUT2D eigenvalue weighted by Gasteiger charge is 2.17. The number of unbranched alkanes of at least 4 members (excludes halogenated alkanes) is 1. The molecule has 6 N–H and O–H groups in total. The zero-order valence-corrected chi connectivity index (χ0v) is 18.0. The minimum absolute atomic E-state index is 0.0105. The maximum Gasteiger partial charge on any atom is 0.317 e. The van der Waals surface area contributed by atoms with Gasteiger partial charge in [-0.2, -0.15) is 0 Å². The van der Waals surface area contributed by atoms with Crippen LogP contribution in [-0.2, 0) is 16.0 Å². The van der Waals surface area contributed by atoms with Crippen LogP contribution in [0.2, 0.25) is 0 Å². The summed E-state index contributed by atoms with van der Waals surface area (Å²) in [5, 5.41) is 18.4. The second-order valence-corrected chi connectivity index (χ2v) is 7.66. The van der Waals surface area contributed by atoms with Crippen LogP contribution in [0.15, 0.2) is 29.3 Å². The van der Waals surface area contributed by atoms with Crippen molar-refractivity contribution in [3.8, 4) is 0 Å². The van der Waals surface area contributed by atoms with Crippen molar-refractivity contribution in [3.63, 3.8) is 0 Å². The van der Waals surface area contributed by atoms with Crippen molar-refractivity contribution < 1.29 is 19.8 Å². The van der Waals surface area contributed by atoms with E-state index in [1.807, 2.05) is 34.1 Å². The van der Waals surface area contributed by atoms with Crippen molar-refractivity contribution >= 4 is 23.6 Å². The zero-order chi connectivity index (χ0) is 22.5. The van der Waals surface area contributed by atoms with Gasteiger partial charge in [-0.15, -0.1) is 0 Å². The molecule has 0 aromatic heterocycles. The second kappa shape index (κ2) is 13.6. The number of nitrogens with two attached hydrogens (primary N) is 2. The van der Waals surface area contributed by atoms with Crippen LogP contribution in [0.1, 0.15) is 32.3 Å². The Labute approximate surface area is 178 Å². The van der Waals surface area contributed by atoms with Crippen molar-refractivity contribution in [2.24, 2.45) is 22.4 Å². The SMILES string of the molecule is CCCCN(CCN(CC(=O)O)CC(C)Cc1ccc(N=C(N)N)cc1)CC(=O)O. The van der Waals surface area contributed by atoms with E-state index in [9.17, 15) is 14.7 Å². The van der Waals surface area contributed by atoms with Gasteiger partial charge in [0.25, 0.3) is 0 Å². The van der Waals surface area contributed by atoms with E-state index >= 15 is 0 Å². The second-order valence-electron chi connectivity index (χ2n) is 7.66. The lowest BCUT2D eigenvalue weighted by atomic mass is 10.0. The Bertz CT molecular complexity index is 689. The number of nitrogens with zero attached hydrogens (tertiary/aromatic N) is 3. The summed E-state index contributed by atoms with van der Waals surface area (Å²) in [7, 11) is 0. The Hall–Kier alpha value is -2.65. The molecule has 0 saturated heterocycles. The predicted molar refractivity (Wildman–Crippen MR) is 118 cm³/mol. The van der Waals surface area contributed by atoms with Crippen LogP contribution in [0, 0.1) is 5.92 Å². The minimum atomic E-state index is -0.887. The average Bonchev–Trinajstić information content (AvgIpc) is 2.64. The maximum atomic E-state index is 11.3. The van der Waals surface area contributed by atoms with E-state index in [0.717, 1.165) is 24.8 Å². The third kappa shape index (κ3) is 11.4. The Kier molecular flexibility index (Phi) is 11.5. The van der Waals surface area contributed by atoms with Crippen molar-refractivity contribution in [1.82, 2.24) is 9.80 Å². The van der Waals surface area contributed by atoms with Gasteiger partial charge >= 0.3 is 11.9 Å². The molecule has 0 aliphatic rings. The molecular formula is C21H35N5O4. The number of benzene rings is 1. The normalized spacial score (nSPS) is 12.1. The summed E-state index contributed by atoms with van der Waals surface area (Å²) in [6.07, 6.45) is 2.68. The molecule has 1 atom stereocenters. The van der Waals surface area contributed by atoms with E-state index in [-0.39, 0.29) is 25.0 Å². The molecule has 9 nitrogen and oxygen atoms in total. The Morgan fingerprint density at radius 1 is 1.00 bits per heavy atom. The number of hydrogen-bond donors (Lipinski definition) is 4. The number of hydrogen-bond acceptors (Lipinski definition) is 5. The first kappa shape index (κ1) is 25.4. The number of carboxylic acids is 2. The van der Waals surface area contributed by atoms with Crippen LogP contribution in [0.3, 0.4) is 0 Å². The molecule has 0 fully saturated rings. The topological polar surface area (TPSA) is 145 Å². The highest BCUT2D eigenvalue weighted by atomic mass is 16.4. The van der Waals surface area contributed by atoms with Crippen molar-refractivity contribution in [3.05, 3.63) is 29.8 Å². The molecule has 1 aromatic carbocycles. The van der Waals surface area contributed by atoms with Gasteiger partial charge in [0.05, 0.1) is 18.8 Å². The molecule has 0 saturated carbocycles. The predicted octanol–water partition coefficient (Wildman–Crippen LogP) is 1.34. The highest BCUT2D eigenvalue weighted by molar-refractivity contribution is 5.78. The van der Waals surface area contributed by atoms with Gasteiger partial charge in [0.2, 0.25) is 0 Å². The van der Waals surface area contributed by atoms with Gasteiger partial charge in [-0.05, 0) is 43.0 Å². The smallest absolute Gasteiger partial charge is 0.317 e. The first-order valence-corrected chi connectivity index (χ1v) is 10.3. The third-order valence-electron chi connectivity index (χ3n) is 4.63. The van der Waals surface area contributed by atoms with E-state index in [1.54, 1.807) is 0 Å². The van der Waals surface area contributed by atoms with Crippen molar-refractivity contribution in [1.29, 1.82) is 0 Å². The van der Waals surface area contributed by atoms with Crippen LogP contribution in [0.25, 0.3) is 0 Å². The van der Waals surface area contributed by atoms with E-state index in [2.05, 4.69) is 18.8 Å². The number of carbonyl (C=O) groups is 2. The third-order valence-corrected chi connectivity index (χ3v) is 4.63. The van der Waals surface area contributed by atoms with Crippen LogP contribution in [0.5, 0.6) is 0 Å². The van der Waals surface area contributed by atoms with E-state index in [0.29, 0.717) is 31.9 Å². The summed E-state index contributed by atoms with van der Waals surface area (Å²) >= 11 is 0. The number of aliphatic carboxylic acids is 2. The Morgan fingerprint density at radius 2 is 1.57 bits per heavy atom. The molecule has 0 radical (unpaired) electrons. The molecule has 0 spiro atoms. The van der Waals surface area contributed by atoms with Crippen LogP contribution in [-0.4, -0.2) is 77.2 Å².